The van der Waals surface area contributed by atoms with E-state index in [0.717, 1.165) is 32.2 Å². The number of hydrogen-bond donors (Lipinski definition) is 2. The van der Waals surface area contributed by atoms with Crippen molar-refractivity contribution in [3.8, 4) is 5.75 Å². The third kappa shape index (κ3) is 4.59. The molecule has 1 atom stereocenters. The topological polar surface area (TPSA) is 82.8 Å². The smallest absolute Gasteiger partial charge is 0.226 e. The minimum absolute atomic E-state index is 0.00552. The number of nitrogens with one attached hydrogen (secondary N) is 1. The van der Waals surface area contributed by atoms with Crippen LogP contribution in [-0.2, 0) is 11.3 Å². The van der Waals surface area contributed by atoms with Crippen LogP contribution in [0, 0.1) is 11.8 Å². The van der Waals surface area contributed by atoms with E-state index in [1.54, 1.807) is 0 Å². The van der Waals surface area contributed by atoms with Gasteiger partial charge in [-0.3, -0.25) is 14.5 Å². The highest BCUT2D eigenvalue weighted by molar-refractivity contribution is 5.77. The maximum absolute atomic E-state index is 11.6. The Kier molecular flexibility index (Phi) is 5.60. The number of carbonyl (C=O) groups is 1. The molecule has 1 amide bonds. The molecule has 1 saturated heterocycles. The SMILES string of the molecule is CC(C)C(=O)NCC1CCCN(Cc2cc(=O)c(O)co2)C1. The Morgan fingerprint density at radius 3 is 3.00 bits per heavy atom. The first-order valence-corrected chi connectivity index (χ1v) is 7.76. The van der Waals surface area contributed by atoms with E-state index in [0.29, 0.717) is 24.8 Å². The number of amides is 1. The number of piperidine rings is 1. The molecule has 1 aromatic heterocycles. The van der Waals surface area contributed by atoms with E-state index in [-0.39, 0.29) is 17.6 Å². The van der Waals surface area contributed by atoms with Gasteiger partial charge in [0.2, 0.25) is 11.3 Å². The summed E-state index contributed by atoms with van der Waals surface area (Å²) in [6, 6.07) is 1.33. The molecule has 2 N–H and O–H groups in total. The minimum Gasteiger partial charge on any atom is -0.502 e. The second kappa shape index (κ2) is 7.45. The van der Waals surface area contributed by atoms with Crippen LogP contribution in [0.25, 0.3) is 0 Å². The van der Waals surface area contributed by atoms with Crippen LogP contribution >= 0.6 is 0 Å². The van der Waals surface area contributed by atoms with E-state index in [2.05, 4.69) is 10.2 Å². The Labute approximate surface area is 130 Å². The average Bonchev–Trinajstić information content (AvgIpc) is 2.49. The zero-order valence-electron chi connectivity index (χ0n) is 13.2. The molecule has 6 heteroatoms. The van der Waals surface area contributed by atoms with E-state index in [1.807, 2.05) is 13.8 Å². The maximum atomic E-state index is 11.6. The molecule has 1 unspecified atom stereocenters. The lowest BCUT2D eigenvalue weighted by atomic mass is 9.97. The molecule has 22 heavy (non-hydrogen) atoms. The minimum atomic E-state index is -0.418. The van der Waals surface area contributed by atoms with Crippen molar-refractivity contribution >= 4 is 5.91 Å². The van der Waals surface area contributed by atoms with E-state index in [9.17, 15) is 14.7 Å². The van der Waals surface area contributed by atoms with Gasteiger partial charge in [-0.15, -0.1) is 0 Å². The largest absolute Gasteiger partial charge is 0.502 e. The number of likely N-dealkylation sites (tertiary alicyclic amines) is 1. The molecule has 1 aromatic rings. The second-order valence-corrected chi connectivity index (χ2v) is 6.24. The first-order chi connectivity index (χ1) is 10.5. The van der Waals surface area contributed by atoms with Gasteiger partial charge < -0.3 is 14.8 Å². The lowest BCUT2D eigenvalue weighted by Crippen LogP contribution is -2.41. The van der Waals surface area contributed by atoms with Crippen LogP contribution in [0.5, 0.6) is 5.75 Å². The lowest BCUT2D eigenvalue weighted by molar-refractivity contribution is -0.124. The molecule has 0 aromatic carbocycles. The van der Waals surface area contributed by atoms with E-state index >= 15 is 0 Å². The lowest BCUT2D eigenvalue weighted by Gasteiger charge is -2.32. The normalized spacial score (nSPS) is 19.3. The zero-order chi connectivity index (χ0) is 16.1. The Hall–Kier alpha value is -1.82. The number of rotatable bonds is 5. The summed E-state index contributed by atoms with van der Waals surface area (Å²) in [6.45, 7) is 6.81. The van der Waals surface area contributed by atoms with Crippen molar-refractivity contribution in [2.45, 2.75) is 33.2 Å². The quantitative estimate of drug-likeness (QED) is 0.857. The Morgan fingerprint density at radius 1 is 1.55 bits per heavy atom. The highest BCUT2D eigenvalue weighted by Crippen LogP contribution is 2.18. The van der Waals surface area contributed by atoms with Gasteiger partial charge in [0.1, 0.15) is 12.0 Å². The third-order valence-electron chi connectivity index (χ3n) is 3.94. The number of aromatic hydroxyl groups is 1. The number of hydrogen-bond acceptors (Lipinski definition) is 5. The van der Waals surface area contributed by atoms with Crippen LogP contribution in [0.3, 0.4) is 0 Å². The molecule has 1 aliphatic rings. The molecular formula is C16H24N2O4. The van der Waals surface area contributed by atoms with Gasteiger partial charge in [-0.25, -0.2) is 0 Å². The monoisotopic (exact) mass is 308 g/mol. The Bertz CT molecular complexity index is 568. The molecule has 2 rings (SSSR count). The highest BCUT2D eigenvalue weighted by atomic mass is 16.4. The molecule has 0 aliphatic carbocycles. The first-order valence-electron chi connectivity index (χ1n) is 7.76. The molecule has 1 fully saturated rings. The van der Waals surface area contributed by atoms with Gasteiger partial charge >= 0.3 is 0 Å². The van der Waals surface area contributed by atoms with Crippen LogP contribution < -0.4 is 10.7 Å². The maximum Gasteiger partial charge on any atom is 0.226 e. The van der Waals surface area contributed by atoms with Crippen molar-refractivity contribution in [1.82, 2.24) is 10.2 Å². The summed E-state index contributed by atoms with van der Waals surface area (Å²) < 4.78 is 5.25. The molecule has 0 bridgehead atoms. The molecule has 0 saturated carbocycles. The highest BCUT2D eigenvalue weighted by Gasteiger charge is 2.21. The molecule has 2 heterocycles. The average molecular weight is 308 g/mol. The molecule has 122 valence electrons. The summed E-state index contributed by atoms with van der Waals surface area (Å²) >= 11 is 0. The summed E-state index contributed by atoms with van der Waals surface area (Å²) in [5.74, 6) is 0.694. The molecule has 6 nitrogen and oxygen atoms in total. The first kappa shape index (κ1) is 16.5. The molecule has 0 spiro atoms. The Morgan fingerprint density at radius 2 is 2.32 bits per heavy atom. The van der Waals surface area contributed by atoms with Gasteiger partial charge in [-0.1, -0.05) is 13.8 Å². The standard InChI is InChI=1S/C16H24N2O4/c1-11(2)16(21)17-7-12-4-3-5-18(8-12)9-13-6-14(19)15(20)10-22-13/h6,10-12,20H,3-5,7-9H2,1-2H3,(H,17,21). The summed E-state index contributed by atoms with van der Waals surface area (Å²) in [5.41, 5.74) is -0.418. The molecule has 0 radical (unpaired) electrons. The van der Waals surface area contributed by atoms with Crippen molar-refractivity contribution in [3.63, 3.8) is 0 Å². The van der Waals surface area contributed by atoms with Gasteiger partial charge in [-0.2, -0.15) is 0 Å². The second-order valence-electron chi connectivity index (χ2n) is 6.24. The third-order valence-corrected chi connectivity index (χ3v) is 3.94. The van der Waals surface area contributed by atoms with Crippen LogP contribution in [0.15, 0.2) is 21.5 Å². The van der Waals surface area contributed by atoms with Crippen molar-refractivity contribution < 1.29 is 14.3 Å². The van der Waals surface area contributed by atoms with Gasteiger partial charge in [0.15, 0.2) is 5.75 Å². The van der Waals surface area contributed by atoms with Crippen molar-refractivity contribution in [2.75, 3.05) is 19.6 Å². The van der Waals surface area contributed by atoms with E-state index in [1.165, 1.54) is 6.07 Å². The van der Waals surface area contributed by atoms with Crippen molar-refractivity contribution in [2.24, 2.45) is 11.8 Å². The van der Waals surface area contributed by atoms with E-state index < -0.39 is 5.43 Å². The summed E-state index contributed by atoms with van der Waals surface area (Å²) in [7, 11) is 0. The van der Waals surface area contributed by atoms with Crippen molar-refractivity contribution in [1.29, 1.82) is 0 Å². The van der Waals surface area contributed by atoms with Crippen LogP contribution in [0.4, 0.5) is 0 Å². The number of nitrogens with zero attached hydrogens (tertiary/aromatic N) is 1. The van der Waals surface area contributed by atoms with Crippen LogP contribution in [-0.4, -0.2) is 35.5 Å². The van der Waals surface area contributed by atoms with Crippen LogP contribution in [0.2, 0.25) is 0 Å². The Balaban J connectivity index is 1.86. The summed E-state index contributed by atoms with van der Waals surface area (Å²) in [6.07, 6.45) is 3.24. The van der Waals surface area contributed by atoms with Gasteiger partial charge in [-0.05, 0) is 25.3 Å². The van der Waals surface area contributed by atoms with Crippen LogP contribution in [0.1, 0.15) is 32.4 Å². The molecular weight excluding hydrogens is 284 g/mol. The summed E-state index contributed by atoms with van der Waals surface area (Å²) in [4.78, 5) is 25.3. The predicted octanol–water partition coefficient (Wildman–Crippen LogP) is 1.33. The summed E-state index contributed by atoms with van der Waals surface area (Å²) in [5, 5.41) is 12.2. The zero-order valence-corrected chi connectivity index (χ0v) is 13.2. The fraction of sp³-hybridized carbons (Fsp3) is 0.625. The van der Waals surface area contributed by atoms with Gasteiger partial charge in [0.05, 0.1) is 6.54 Å². The van der Waals surface area contributed by atoms with Gasteiger partial charge in [0, 0.05) is 25.1 Å². The van der Waals surface area contributed by atoms with Crippen molar-refractivity contribution in [3.05, 3.63) is 28.3 Å². The number of carbonyl (C=O) groups excluding carboxylic acids is 1. The fourth-order valence-electron chi connectivity index (χ4n) is 2.66. The predicted molar refractivity (Wildman–Crippen MR) is 82.5 cm³/mol. The van der Waals surface area contributed by atoms with Gasteiger partial charge in [0.25, 0.3) is 0 Å². The van der Waals surface area contributed by atoms with E-state index in [4.69, 9.17) is 4.42 Å². The fourth-order valence-corrected chi connectivity index (χ4v) is 2.66. The molecule has 1 aliphatic heterocycles.